The van der Waals surface area contributed by atoms with Crippen molar-refractivity contribution in [3.05, 3.63) is 23.4 Å². The number of anilines is 1. The van der Waals surface area contributed by atoms with Gasteiger partial charge in [0.2, 0.25) is 0 Å². The molecule has 1 saturated heterocycles. The number of hydrogen-bond acceptors (Lipinski definition) is 3. The number of amidine groups is 1. The van der Waals surface area contributed by atoms with Crippen LogP contribution in [0.25, 0.3) is 0 Å². The van der Waals surface area contributed by atoms with E-state index in [-0.39, 0.29) is 5.92 Å². The van der Waals surface area contributed by atoms with Crippen LogP contribution in [0.2, 0.25) is 0 Å². The molecule has 1 aromatic heterocycles. The van der Waals surface area contributed by atoms with E-state index < -0.39 is 0 Å². The van der Waals surface area contributed by atoms with Crippen LogP contribution in [-0.4, -0.2) is 23.9 Å². The second-order valence-corrected chi connectivity index (χ2v) is 5.37. The Labute approximate surface area is 108 Å². The minimum Gasteiger partial charge on any atom is -0.387 e. The minimum absolute atomic E-state index is 0.203. The Hall–Kier alpha value is -1.58. The summed E-state index contributed by atoms with van der Waals surface area (Å²) in [6.45, 7) is 1.89. The third-order valence-electron chi connectivity index (χ3n) is 4.10. The lowest BCUT2D eigenvalue weighted by Crippen LogP contribution is -2.41. The molecule has 4 nitrogen and oxygen atoms in total. The SMILES string of the molecule is N=C(N)C1CCCN(c2ccc3c(n2)CCC3)C1. The monoisotopic (exact) mass is 244 g/mol. The van der Waals surface area contributed by atoms with E-state index in [0.29, 0.717) is 5.84 Å². The van der Waals surface area contributed by atoms with Crippen molar-refractivity contribution in [1.29, 1.82) is 5.41 Å². The predicted octanol–water partition coefficient (Wildman–Crippen LogP) is 1.72. The number of pyridine rings is 1. The van der Waals surface area contributed by atoms with Gasteiger partial charge in [0.25, 0.3) is 0 Å². The number of fused-ring (bicyclic) bond motifs is 1. The zero-order chi connectivity index (χ0) is 12.5. The topological polar surface area (TPSA) is 66.0 Å². The van der Waals surface area contributed by atoms with Gasteiger partial charge in [-0.2, -0.15) is 0 Å². The van der Waals surface area contributed by atoms with Crippen LogP contribution < -0.4 is 10.6 Å². The van der Waals surface area contributed by atoms with Crippen molar-refractivity contribution in [2.24, 2.45) is 11.7 Å². The smallest absolute Gasteiger partial charge is 0.128 e. The highest BCUT2D eigenvalue weighted by molar-refractivity contribution is 5.80. The van der Waals surface area contributed by atoms with Gasteiger partial charge in [-0.25, -0.2) is 4.98 Å². The van der Waals surface area contributed by atoms with Gasteiger partial charge in [0.1, 0.15) is 5.82 Å². The van der Waals surface area contributed by atoms with Crippen LogP contribution in [0.4, 0.5) is 5.82 Å². The average molecular weight is 244 g/mol. The summed E-state index contributed by atoms with van der Waals surface area (Å²) in [5.41, 5.74) is 8.32. The molecule has 1 aromatic rings. The zero-order valence-corrected chi connectivity index (χ0v) is 10.7. The largest absolute Gasteiger partial charge is 0.387 e. The summed E-state index contributed by atoms with van der Waals surface area (Å²) in [5.74, 6) is 1.59. The second kappa shape index (κ2) is 4.59. The summed E-state index contributed by atoms with van der Waals surface area (Å²) < 4.78 is 0. The molecule has 3 N–H and O–H groups in total. The maximum Gasteiger partial charge on any atom is 0.128 e. The van der Waals surface area contributed by atoms with Crippen molar-refractivity contribution in [2.45, 2.75) is 32.1 Å². The molecular weight excluding hydrogens is 224 g/mol. The fourth-order valence-electron chi connectivity index (χ4n) is 3.02. The number of piperidine rings is 1. The maximum atomic E-state index is 7.59. The molecule has 1 fully saturated rings. The number of nitrogens with zero attached hydrogens (tertiary/aromatic N) is 2. The van der Waals surface area contributed by atoms with Crippen LogP contribution in [0.5, 0.6) is 0 Å². The van der Waals surface area contributed by atoms with E-state index in [0.717, 1.165) is 38.2 Å². The van der Waals surface area contributed by atoms with Gasteiger partial charge in [0.05, 0.1) is 5.84 Å². The van der Waals surface area contributed by atoms with Gasteiger partial charge in [-0.3, -0.25) is 5.41 Å². The Kier molecular flexibility index (Phi) is 2.94. The molecule has 1 aliphatic heterocycles. The first-order valence-corrected chi connectivity index (χ1v) is 6.81. The molecule has 2 heterocycles. The van der Waals surface area contributed by atoms with Gasteiger partial charge in [-0.1, -0.05) is 6.07 Å². The van der Waals surface area contributed by atoms with Crippen LogP contribution in [0.15, 0.2) is 12.1 Å². The molecule has 1 aliphatic carbocycles. The Morgan fingerprint density at radius 3 is 3.06 bits per heavy atom. The quantitative estimate of drug-likeness (QED) is 0.615. The molecule has 96 valence electrons. The van der Waals surface area contributed by atoms with E-state index in [1.54, 1.807) is 0 Å². The van der Waals surface area contributed by atoms with Gasteiger partial charge < -0.3 is 10.6 Å². The highest BCUT2D eigenvalue weighted by Crippen LogP contribution is 2.26. The minimum atomic E-state index is 0.203. The fraction of sp³-hybridized carbons (Fsp3) is 0.571. The molecule has 0 radical (unpaired) electrons. The second-order valence-electron chi connectivity index (χ2n) is 5.37. The van der Waals surface area contributed by atoms with Crippen molar-refractivity contribution >= 4 is 11.7 Å². The lowest BCUT2D eigenvalue weighted by Gasteiger charge is -2.33. The summed E-state index contributed by atoms with van der Waals surface area (Å²) in [6, 6.07) is 4.36. The molecule has 18 heavy (non-hydrogen) atoms. The molecule has 1 unspecified atom stereocenters. The molecule has 0 aromatic carbocycles. The number of aryl methyl sites for hydroxylation is 2. The molecule has 0 spiro atoms. The van der Waals surface area contributed by atoms with Crippen molar-refractivity contribution in [3.63, 3.8) is 0 Å². The first-order chi connectivity index (χ1) is 8.74. The fourth-order valence-corrected chi connectivity index (χ4v) is 3.02. The summed E-state index contributed by atoms with van der Waals surface area (Å²) >= 11 is 0. The number of hydrogen-bond donors (Lipinski definition) is 2. The first kappa shape index (κ1) is 11.5. The highest BCUT2D eigenvalue weighted by Gasteiger charge is 2.23. The molecule has 1 atom stereocenters. The lowest BCUT2D eigenvalue weighted by atomic mass is 9.97. The summed E-state index contributed by atoms with van der Waals surface area (Å²) in [4.78, 5) is 7.07. The molecule has 4 heteroatoms. The molecule has 3 rings (SSSR count). The summed E-state index contributed by atoms with van der Waals surface area (Å²) in [5, 5.41) is 7.59. The van der Waals surface area contributed by atoms with E-state index >= 15 is 0 Å². The van der Waals surface area contributed by atoms with Crippen molar-refractivity contribution in [2.75, 3.05) is 18.0 Å². The van der Waals surface area contributed by atoms with Gasteiger partial charge in [-0.15, -0.1) is 0 Å². The number of aromatic nitrogens is 1. The van der Waals surface area contributed by atoms with E-state index in [4.69, 9.17) is 16.1 Å². The first-order valence-electron chi connectivity index (χ1n) is 6.81. The van der Waals surface area contributed by atoms with E-state index in [1.807, 2.05) is 0 Å². The molecule has 0 saturated carbocycles. The standard InChI is InChI=1S/C14H20N4/c15-14(16)11-4-2-8-18(9-11)13-7-6-10-3-1-5-12(10)17-13/h6-7,11H,1-5,8-9H2,(H3,15,16). The van der Waals surface area contributed by atoms with Gasteiger partial charge in [0, 0.05) is 24.7 Å². The third-order valence-corrected chi connectivity index (χ3v) is 4.10. The number of nitrogens with two attached hydrogens (primary N) is 1. The highest BCUT2D eigenvalue weighted by atomic mass is 15.2. The predicted molar refractivity (Wildman–Crippen MR) is 73.1 cm³/mol. The van der Waals surface area contributed by atoms with Crippen molar-refractivity contribution < 1.29 is 0 Å². The molecule has 2 aliphatic rings. The lowest BCUT2D eigenvalue weighted by molar-refractivity contribution is 0.500. The maximum absolute atomic E-state index is 7.59. The van der Waals surface area contributed by atoms with Gasteiger partial charge in [-0.05, 0) is 43.7 Å². The van der Waals surface area contributed by atoms with E-state index in [2.05, 4.69) is 17.0 Å². The molecule has 0 amide bonds. The molecule has 0 bridgehead atoms. The van der Waals surface area contributed by atoms with Crippen LogP contribution >= 0.6 is 0 Å². The third kappa shape index (κ3) is 2.07. The Bertz CT molecular complexity index is 469. The van der Waals surface area contributed by atoms with E-state index in [1.165, 1.54) is 24.1 Å². The van der Waals surface area contributed by atoms with Crippen molar-refractivity contribution in [1.82, 2.24) is 4.98 Å². The van der Waals surface area contributed by atoms with Crippen LogP contribution in [0.1, 0.15) is 30.5 Å². The van der Waals surface area contributed by atoms with Crippen LogP contribution in [0.3, 0.4) is 0 Å². The summed E-state index contributed by atoms with van der Waals surface area (Å²) in [7, 11) is 0. The Morgan fingerprint density at radius 1 is 1.33 bits per heavy atom. The van der Waals surface area contributed by atoms with E-state index in [9.17, 15) is 0 Å². The molecular formula is C14H20N4. The number of nitrogens with one attached hydrogen (secondary N) is 1. The van der Waals surface area contributed by atoms with Crippen LogP contribution in [-0.2, 0) is 12.8 Å². The van der Waals surface area contributed by atoms with Crippen molar-refractivity contribution in [3.8, 4) is 0 Å². The zero-order valence-electron chi connectivity index (χ0n) is 10.7. The Morgan fingerprint density at radius 2 is 2.22 bits per heavy atom. The summed E-state index contributed by atoms with van der Waals surface area (Å²) in [6.07, 6.45) is 5.67. The van der Waals surface area contributed by atoms with Gasteiger partial charge in [0.15, 0.2) is 0 Å². The van der Waals surface area contributed by atoms with Gasteiger partial charge >= 0.3 is 0 Å². The normalized spacial score (nSPS) is 22.9. The van der Waals surface area contributed by atoms with Crippen LogP contribution in [0, 0.1) is 11.3 Å². The average Bonchev–Trinajstić information content (AvgIpc) is 2.86. The number of rotatable bonds is 2. The Balaban J connectivity index is 1.80.